The summed E-state index contributed by atoms with van der Waals surface area (Å²) < 4.78 is 10.8. The van der Waals surface area contributed by atoms with E-state index in [0.717, 1.165) is 18.4 Å². The maximum atomic E-state index is 12.1. The summed E-state index contributed by atoms with van der Waals surface area (Å²) in [5.74, 6) is -0.167. The van der Waals surface area contributed by atoms with Crippen LogP contribution in [0.2, 0.25) is 0 Å². The summed E-state index contributed by atoms with van der Waals surface area (Å²) >= 11 is 0. The Morgan fingerprint density at radius 3 is 2.78 bits per heavy atom. The molecule has 0 aliphatic carbocycles. The topological polar surface area (TPSA) is 55.8 Å². The Kier molecular flexibility index (Phi) is 3.20. The Morgan fingerprint density at radius 1 is 1.39 bits per heavy atom. The van der Waals surface area contributed by atoms with Gasteiger partial charge in [-0.2, -0.15) is 0 Å². The molecular weight excluding hydrogens is 232 g/mol. The first-order valence-corrected chi connectivity index (χ1v) is 6.09. The van der Waals surface area contributed by atoms with Crippen molar-refractivity contribution in [1.29, 1.82) is 0 Å². The molecule has 0 radical (unpaired) electrons. The van der Waals surface area contributed by atoms with E-state index in [9.17, 15) is 9.90 Å². The zero-order chi connectivity index (χ0) is 13.3. The summed E-state index contributed by atoms with van der Waals surface area (Å²) in [7, 11) is 0. The Labute approximate surface area is 107 Å². The molecule has 18 heavy (non-hydrogen) atoms. The lowest BCUT2D eigenvalue weighted by molar-refractivity contribution is 0.00621. The summed E-state index contributed by atoms with van der Waals surface area (Å²) in [5.41, 5.74) is 0.489. The van der Waals surface area contributed by atoms with Crippen molar-refractivity contribution >= 4 is 5.97 Å². The third kappa shape index (κ3) is 2.58. The van der Waals surface area contributed by atoms with Crippen molar-refractivity contribution in [1.82, 2.24) is 0 Å². The van der Waals surface area contributed by atoms with E-state index in [-0.39, 0.29) is 11.3 Å². The molecule has 0 spiro atoms. The molecule has 4 heteroatoms. The smallest absolute Gasteiger partial charge is 0.346 e. The van der Waals surface area contributed by atoms with E-state index < -0.39 is 11.6 Å². The van der Waals surface area contributed by atoms with Crippen molar-refractivity contribution in [2.24, 2.45) is 0 Å². The lowest BCUT2D eigenvalue weighted by Crippen LogP contribution is -2.25. The molecule has 0 unspecified atom stereocenters. The third-order valence-electron chi connectivity index (χ3n) is 2.66. The molecule has 0 bridgehead atoms. The van der Waals surface area contributed by atoms with E-state index in [1.807, 2.05) is 0 Å². The van der Waals surface area contributed by atoms with Crippen LogP contribution in [0.5, 0.6) is 11.5 Å². The van der Waals surface area contributed by atoms with E-state index in [1.165, 1.54) is 6.07 Å². The largest absolute Gasteiger partial charge is 0.507 e. The average Bonchev–Trinajstić information content (AvgIpc) is 2.26. The lowest BCUT2D eigenvalue weighted by atomic mass is 10.0. The number of phenols is 1. The van der Waals surface area contributed by atoms with E-state index in [1.54, 1.807) is 26.8 Å². The zero-order valence-corrected chi connectivity index (χ0v) is 10.9. The van der Waals surface area contributed by atoms with Gasteiger partial charge >= 0.3 is 5.97 Å². The van der Waals surface area contributed by atoms with Crippen molar-refractivity contribution in [2.75, 3.05) is 6.61 Å². The lowest BCUT2D eigenvalue weighted by Gasteiger charge is -2.23. The van der Waals surface area contributed by atoms with Crippen LogP contribution in [-0.2, 0) is 11.2 Å². The van der Waals surface area contributed by atoms with Crippen LogP contribution in [0.4, 0.5) is 0 Å². The van der Waals surface area contributed by atoms with Gasteiger partial charge in [-0.15, -0.1) is 0 Å². The maximum absolute atomic E-state index is 12.1. The highest BCUT2D eigenvalue weighted by atomic mass is 16.6. The van der Waals surface area contributed by atoms with Crippen molar-refractivity contribution in [2.45, 2.75) is 39.2 Å². The van der Waals surface area contributed by atoms with Gasteiger partial charge in [0.15, 0.2) is 0 Å². The van der Waals surface area contributed by atoms with Crippen LogP contribution >= 0.6 is 0 Å². The fourth-order valence-electron chi connectivity index (χ4n) is 1.94. The first-order chi connectivity index (χ1) is 8.38. The number of esters is 1. The monoisotopic (exact) mass is 250 g/mol. The Morgan fingerprint density at radius 2 is 2.11 bits per heavy atom. The highest BCUT2D eigenvalue weighted by molar-refractivity contribution is 5.96. The van der Waals surface area contributed by atoms with Gasteiger partial charge in [-0.1, -0.05) is 6.07 Å². The number of aromatic hydroxyl groups is 1. The van der Waals surface area contributed by atoms with Gasteiger partial charge in [0.1, 0.15) is 22.7 Å². The van der Waals surface area contributed by atoms with Crippen LogP contribution in [-0.4, -0.2) is 23.3 Å². The predicted molar refractivity (Wildman–Crippen MR) is 67.1 cm³/mol. The molecule has 0 fully saturated rings. The molecule has 0 amide bonds. The van der Waals surface area contributed by atoms with Crippen LogP contribution in [0.15, 0.2) is 12.1 Å². The van der Waals surface area contributed by atoms with Crippen LogP contribution in [0.25, 0.3) is 0 Å². The zero-order valence-electron chi connectivity index (χ0n) is 10.9. The van der Waals surface area contributed by atoms with Gasteiger partial charge in [-0.3, -0.25) is 0 Å². The second-order valence-electron chi connectivity index (χ2n) is 5.40. The molecule has 4 nitrogen and oxygen atoms in total. The van der Waals surface area contributed by atoms with Gasteiger partial charge in [-0.25, -0.2) is 4.79 Å². The summed E-state index contributed by atoms with van der Waals surface area (Å²) in [4.78, 5) is 12.1. The van der Waals surface area contributed by atoms with Crippen molar-refractivity contribution in [3.63, 3.8) is 0 Å². The second-order valence-corrected chi connectivity index (χ2v) is 5.40. The summed E-state index contributed by atoms with van der Waals surface area (Å²) in [6, 6.07) is 3.31. The van der Waals surface area contributed by atoms with E-state index in [4.69, 9.17) is 9.47 Å². The molecule has 1 aromatic carbocycles. The molecule has 2 rings (SSSR count). The van der Waals surface area contributed by atoms with Crippen LogP contribution in [0, 0.1) is 0 Å². The minimum absolute atomic E-state index is 0.0927. The first-order valence-electron chi connectivity index (χ1n) is 6.09. The summed E-state index contributed by atoms with van der Waals surface area (Å²) in [6.07, 6.45) is 1.77. The predicted octanol–water partition coefficient (Wildman–Crippen LogP) is 2.67. The molecule has 1 heterocycles. The Bertz CT molecular complexity index is 471. The first kappa shape index (κ1) is 12.7. The highest BCUT2D eigenvalue weighted by Crippen LogP contribution is 2.36. The van der Waals surface area contributed by atoms with Crippen molar-refractivity contribution < 1.29 is 19.4 Å². The number of fused-ring (bicyclic) bond motifs is 1. The van der Waals surface area contributed by atoms with E-state index in [2.05, 4.69) is 0 Å². The standard InChI is InChI=1S/C14H18O4/c1-14(2,3)18-13(16)11-10(15)7-6-9-5-4-8-17-12(9)11/h6-7,15H,4-5,8H2,1-3H3. The van der Waals surface area contributed by atoms with Gasteiger partial charge in [0.05, 0.1) is 6.61 Å². The normalized spacial score (nSPS) is 14.6. The van der Waals surface area contributed by atoms with E-state index >= 15 is 0 Å². The summed E-state index contributed by atoms with van der Waals surface area (Å²) in [6.45, 7) is 5.93. The molecule has 0 saturated heterocycles. The number of hydrogen-bond acceptors (Lipinski definition) is 4. The van der Waals surface area contributed by atoms with Crippen molar-refractivity contribution in [3.05, 3.63) is 23.3 Å². The van der Waals surface area contributed by atoms with Gasteiger partial charge < -0.3 is 14.6 Å². The molecular formula is C14H18O4. The fraction of sp³-hybridized carbons (Fsp3) is 0.500. The maximum Gasteiger partial charge on any atom is 0.346 e. The summed E-state index contributed by atoms with van der Waals surface area (Å²) in [5, 5.41) is 9.85. The molecule has 98 valence electrons. The van der Waals surface area contributed by atoms with Crippen LogP contribution in [0.1, 0.15) is 43.1 Å². The Hall–Kier alpha value is -1.71. The molecule has 1 aliphatic heterocycles. The van der Waals surface area contributed by atoms with Crippen LogP contribution in [0.3, 0.4) is 0 Å². The van der Waals surface area contributed by atoms with Gasteiger partial charge in [0.2, 0.25) is 0 Å². The molecule has 0 atom stereocenters. The minimum atomic E-state index is -0.596. The SMILES string of the molecule is CC(C)(C)OC(=O)c1c(O)ccc2c1OCCC2. The second kappa shape index (κ2) is 4.52. The minimum Gasteiger partial charge on any atom is -0.507 e. The molecule has 1 aliphatic rings. The number of carbonyl (C=O) groups is 1. The van der Waals surface area contributed by atoms with E-state index in [0.29, 0.717) is 12.4 Å². The van der Waals surface area contributed by atoms with Gasteiger partial charge in [0.25, 0.3) is 0 Å². The highest BCUT2D eigenvalue weighted by Gasteiger charge is 2.27. The number of rotatable bonds is 1. The van der Waals surface area contributed by atoms with Crippen LogP contribution < -0.4 is 4.74 Å². The van der Waals surface area contributed by atoms with Gasteiger partial charge in [0, 0.05) is 0 Å². The number of ether oxygens (including phenoxy) is 2. The number of hydrogen-bond donors (Lipinski definition) is 1. The number of phenolic OH excluding ortho intramolecular Hbond substituents is 1. The van der Waals surface area contributed by atoms with Crippen molar-refractivity contribution in [3.8, 4) is 11.5 Å². The number of benzene rings is 1. The molecule has 1 N–H and O–H groups in total. The Balaban J connectivity index is 2.40. The van der Waals surface area contributed by atoms with Gasteiger partial charge in [-0.05, 0) is 45.2 Å². The number of aryl methyl sites for hydroxylation is 1. The molecule has 1 aromatic rings. The third-order valence-corrected chi connectivity index (χ3v) is 2.66. The number of carbonyl (C=O) groups excluding carboxylic acids is 1. The quantitative estimate of drug-likeness (QED) is 0.778. The molecule has 0 saturated carbocycles. The molecule has 0 aromatic heterocycles. The fourth-order valence-corrected chi connectivity index (χ4v) is 1.94. The average molecular weight is 250 g/mol.